The van der Waals surface area contributed by atoms with Crippen molar-refractivity contribution in [3.63, 3.8) is 0 Å². The van der Waals surface area contributed by atoms with Gasteiger partial charge in [-0.25, -0.2) is 0 Å². The number of anilines is 1. The lowest BCUT2D eigenvalue weighted by atomic mass is 10.2. The Hall–Kier alpha value is -1.15. The molecule has 0 aliphatic rings. The SMILES string of the molecule is Nc1ccc(Cl)c(COC(C(F)(F)F)C(F)(F)F)c1. The minimum atomic E-state index is -5.55. The van der Waals surface area contributed by atoms with Crippen LogP contribution in [0.1, 0.15) is 5.56 Å². The lowest BCUT2D eigenvalue weighted by Gasteiger charge is -2.23. The summed E-state index contributed by atoms with van der Waals surface area (Å²) in [4.78, 5) is 0. The van der Waals surface area contributed by atoms with Crippen LogP contribution in [-0.2, 0) is 11.3 Å². The van der Waals surface area contributed by atoms with Crippen LogP contribution < -0.4 is 5.73 Å². The van der Waals surface area contributed by atoms with Gasteiger partial charge in [0.15, 0.2) is 0 Å². The minimum Gasteiger partial charge on any atom is -0.399 e. The van der Waals surface area contributed by atoms with Crippen LogP contribution >= 0.6 is 11.6 Å². The lowest BCUT2D eigenvalue weighted by molar-refractivity contribution is -0.324. The molecule has 0 radical (unpaired) electrons. The zero-order valence-electron chi connectivity index (χ0n) is 9.15. The highest BCUT2D eigenvalue weighted by Crippen LogP contribution is 2.36. The number of hydrogen-bond acceptors (Lipinski definition) is 2. The highest BCUT2D eigenvalue weighted by molar-refractivity contribution is 6.31. The Kier molecular flexibility index (Phi) is 4.57. The maximum atomic E-state index is 12.2. The highest BCUT2D eigenvalue weighted by atomic mass is 35.5. The van der Waals surface area contributed by atoms with E-state index in [1.165, 1.54) is 12.1 Å². The standard InChI is InChI=1S/C10H8ClF6NO/c11-7-2-1-6(18)3-5(7)4-19-8(9(12,13)14)10(15,16)17/h1-3,8H,4,18H2. The van der Waals surface area contributed by atoms with Gasteiger partial charge >= 0.3 is 12.4 Å². The molecule has 2 N–H and O–H groups in total. The van der Waals surface area contributed by atoms with Gasteiger partial charge in [0, 0.05) is 10.7 Å². The normalized spacial score (nSPS) is 13.1. The molecule has 0 saturated heterocycles. The summed E-state index contributed by atoms with van der Waals surface area (Å²) in [6.07, 6.45) is -15.0. The van der Waals surface area contributed by atoms with Crippen LogP contribution in [0.2, 0.25) is 5.02 Å². The maximum absolute atomic E-state index is 12.2. The fourth-order valence-corrected chi connectivity index (χ4v) is 1.43. The summed E-state index contributed by atoms with van der Waals surface area (Å²) in [5, 5.41) is -0.0303. The van der Waals surface area contributed by atoms with Gasteiger partial charge in [0.25, 0.3) is 0 Å². The van der Waals surface area contributed by atoms with E-state index in [-0.39, 0.29) is 16.3 Å². The van der Waals surface area contributed by atoms with Crippen molar-refractivity contribution >= 4 is 17.3 Å². The van der Waals surface area contributed by atoms with Crippen LogP contribution in [0.25, 0.3) is 0 Å². The Morgan fingerprint density at radius 3 is 2.11 bits per heavy atom. The molecule has 0 bridgehead atoms. The van der Waals surface area contributed by atoms with Crippen LogP contribution in [0.4, 0.5) is 32.0 Å². The van der Waals surface area contributed by atoms with Crippen molar-refractivity contribution in [2.24, 2.45) is 0 Å². The van der Waals surface area contributed by atoms with Crippen LogP contribution in [0, 0.1) is 0 Å². The first kappa shape index (κ1) is 15.9. The zero-order chi connectivity index (χ0) is 14.8. The van der Waals surface area contributed by atoms with Crippen molar-refractivity contribution in [2.75, 3.05) is 5.73 Å². The summed E-state index contributed by atoms with van der Waals surface area (Å²) >= 11 is 5.61. The number of benzene rings is 1. The minimum absolute atomic E-state index is 0.0303. The summed E-state index contributed by atoms with van der Waals surface area (Å²) < 4.78 is 77.1. The molecular formula is C10H8ClF6NO. The Bertz CT molecular complexity index is 431. The molecule has 0 aliphatic carbocycles. The number of ether oxygens (including phenoxy) is 1. The average Bonchev–Trinajstić information content (AvgIpc) is 2.19. The van der Waals surface area contributed by atoms with Crippen LogP contribution in [-0.4, -0.2) is 18.5 Å². The van der Waals surface area contributed by atoms with E-state index >= 15 is 0 Å². The first-order chi connectivity index (χ1) is 8.51. The van der Waals surface area contributed by atoms with Crippen LogP contribution in [0.5, 0.6) is 0 Å². The molecule has 1 aromatic carbocycles. The smallest absolute Gasteiger partial charge is 0.399 e. The highest BCUT2D eigenvalue weighted by Gasteiger charge is 2.57. The quantitative estimate of drug-likeness (QED) is 0.678. The number of rotatable bonds is 3. The number of hydrogen-bond donors (Lipinski definition) is 1. The Morgan fingerprint density at radius 2 is 1.63 bits per heavy atom. The van der Waals surface area contributed by atoms with Gasteiger partial charge in [-0.05, 0) is 23.8 Å². The summed E-state index contributed by atoms with van der Waals surface area (Å²) in [5.41, 5.74) is 5.44. The molecule has 1 rings (SSSR count). The van der Waals surface area contributed by atoms with Crippen molar-refractivity contribution in [3.05, 3.63) is 28.8 Å². The summed E-state index contributed by atoms with van der Waals surface area (Å²) in [6, 6.07) is 3.76. The predicted molar refractivity (Wildman–Crippen MR) is 56.6 cm³/mol. The molecule has 0 fully saturated rings. The van der Waals surface area contributed by atoms with Crippen LogP contribution in [0.3, 0.4) is 0 Å². The van der Waals surface area contributed by atoms with Gasteiger partial charge in [-0.15, -0.1) is 0 Å². The van der Waals surface area contributed by atoms with Crippen molar-refractivity contribution < 1.29 is 31.1 Å². The third-order valence-corrected chi connectivity index (χ3v) is 2.44. The number of nitrogens with two attached hydrogens (primary N) is 1. The molecule has 0 aromatic heterocycles. The fraction of sp³-hybridized carbons (Fsp3) is 0.400. The first-order valence-corrected chi connectivity index (χ1v) is 5.18. The molecule has 0 aliphatic heterocycles. The van der Waals surface area contributed by atoms with Crippen molar-refractivity contribution in [3.8, 4) is 0 Å². The Morgan fingerprint density at radius 1 is 1.11 bits per heavy atom. The summed E-state index contributed by atoms with van der Waals surface area (Å²) in [5.74, 6) is 0. The molecule has 0 spiro atoms. The van der Waals surface area contributed by atoms with Gasteiger partial charge in [-0.2, -0.15) is 26.3 Å². The van der Waals surface area contributed by atoms with Gasteiger partial charge in [-0.1, -0.05) is 11.6 Å². The second-order valence-electron chi connectivity index (χ2n) is 3.63. The van der Waals surface area contributed by atoms with Gasteiger partial charge < -0.3 is 10.5 Å². The zero-order valence-corrected chi connectivity index (χ0v) is 9.90. The van der Waals surface area contributed by atoms with Crippen molar-refractivity contribution in [2.45, 2.75) is 25.1 Å². The third kappa shape index (κ3) is 4.46. The van der Waals surface area contributed by atoms with Gasteiger partial charge in [0.2, 0.25) is 6.10 Å². The molecular weight excluding hydrogens is 300 g/mol. The van der Waals surface area contributed by atoms with E-state index in [0.717, 1.165) is 6.07 Å². The van der Waals surface area contributed by atoms with E-state index < -0.39 is 25.1 Å². The van der Waals surface area contributed by atoms with E-state index in [1.54, 1.807) is 0 Å². The number of alkyl halides is 6. The first-order valence-electron chi connectivity index (χ1n) is 4.80. The molecule has 19 heavy (non-hydrogen) atoms. The van der Waals surface area contributed by atoms with Crippen LogP contribution in [0.15, 0.2) is 18.2 Å². The fourth-order valence-electron chi connectivity index (χ4n) is 1.25. The van der Waals surface area contributed by atoms with Crippen molar-refractivity contribution in [1.29, 1.82) is 0 Å². The topological polar surface area (TPSA) is 35.2 Å². The largest absolute Gasteiger partial charge is 0.423 e. The monoisotopic (exact) mass is 307 g/mol. The molecule has 0 atom stereocenters. The second-order valence-corrected chi connectivity index (χ2v) is 4.03. The number of halogens is 7. The Labute approximate surface area is 109 Å². The summed E-state index contributed by atoms with van der Waals surface area (Å²) in [6.45, 7) is -0.951. The van der Waals surface area contributed by atoms with E-state index in [0.29, 0.717) is 0 Å². The molecule has 2 nitrogen and oxygen atoms in total. The molecule has 0 amide bonds. The summed E-state index contributed by atoms with van der Waals surface area (Å²) in [7, 11) is 0. The molecule has 0 heterocycles. The van der Waals surface area contributed by atoms with Gasteiger partial charge in [-0.3, -0.25) is 0 Å². The van der Waals surface area contributed by atoms with Gasteiger partial charge in [0.1, 0.15) is 0 Å². The van der Waals surface area contributed by atoms with E-state index in [1.807, 2.05) is 0 Å². The number of nitrogen functional groups attached to an aromatic ring is 1. The van der Waals surface area contributed by atoms with E-state index in [4.69, 9.17) is 17.3 Å². The molecule has 0 unspecified atom stereocenters. The maximum Gasteiger partial charge on any atom is 0.423 e. The van der Waals surface area contributed by atoms with Gasteiger partial charge in [0.05, 0.1) is 6.61 Å². The Balaban J connectivity index is 2.86. The molecule has 108 valence electrons. The molecule has 9 heteroatoms. The average molecular weight is 308 g/mol. The lowest BCUT2D eigenvalue weighted by Crippen LogP contribution is -2.44. The third-order valence-electron chi connectivity index (χ3n) is 2.07. The van der Waals surface area contributed by atoms with E-state index in [9.17, 15) is 26.3 Å². The van der Waals surface area contributed by atoms with Crippen molar-refractivity contribution in [1.82, 2.24) is 0 Å². The molecule has 1 aromatic rings. The second kappa shape index (κ2) is 5.46. The van der Waals surface area contributed by atoms with E-state index in [2.05, 4.69) is 4.74 Å². The molecule has 0 saturated carbocycles. The predicted octanol–water partition coefficient (Wildman–Crippen LogP) is 3.93.